The lowest BCUT2D eigenvalue weighted by atomic mass is 10.2. The molecule has 6 nitrogen and oxygen atoms in total. The number of hydrogen-bond donors (Lipinski definition) is 0. The molecule has 3 aromatic rings. The molecule has 0 aliphatic carbocycles. The minimum atomic E-state index is -0.371. The molecule has 4 rings (SSSR count). The van der Waals surface area contributed by atoms with Gasteiger partial charge in [0.25, 0.3) is 0 Å². The summed E-state index contributed by atoms with van der Waals surface area (Å²) >= 11 is 0. The predicted octanol–water partition coefficient (Wildman–Crippen LogP) is 3.80. The summed E-state index contributed by atoms with van der Waals surface area (Å²) in [6.07, 6.45) is 2.07. The second-order valence-corrected chi connectivity index (χ2v) is 6.54. The lowest BCUT2D eigenvalue weighted by Gasteiger charge is -2.17. The van der Waals surface area contributed by atoms with Crippen molar-refractivity contribution in [3.63, 3.8) is 0 Å². The van der Waals surface area contributed by atoms with Gasteiger partial charge in [-0.2, -0.15) is 0 Å². The summed E-state index contributed by atoms with van der Waals surface area (Å²) in [6.45, 7) is 0.681. The Kier molecular flexibility index (Phi) is 4.97. The highest BCUT2D eigenvalue weighted by Crippen LogP contribution is 2.32. The molecule has 2 aromatic carbocycles. The van der Waals surface area contributed by atoms with Gasteiger partial charge in [-0.25, -0.2) is 9.37 Å². The van der Waals surface area contributed by atoms with Crippen LogP contribution in [0.3, 0.4) is 0 Å². The normalized spacial score (nSPS) is 12.2. The van der Waals surface area contributed by atoms with Gasteiger partial charge in [0.2, 0.25) is 12.7 Å². The Morgan fingerprint density at radius 1 is 1.18 bits per heavy atom. The third-order valence-corrected chi connectivity index (χ3v) is 4.53. The van der Waals surface area contributed by atoms with Crippen LogP contribution in [0.1, 0.15) is 17.9 Å². The van der Waals surface area contributed by atoms with Crippen LogP contribution in [-0.2, 0) is 17.8 Å². The molecule has 0 saturated heterocycles. The van der Waals surface area contributed by atoms with Gasteiger partial charge in [0, 0.05) is 26.4 Å². The van der Waals surface area contributed by atoms with E-state index in [1.54, 1.807) is 30.1 Å². The first kappa shape index (κ1) is 18.0. The number of carbonyl (C=O) groups is 1. The average Bonchev–Trinajstić information content (AvgIpc) is 3.35. The van der Waals surface area contributed by atoms with Crippen LogP contribution < -0.4 is 9.47 Å². The fourth-order valence-corrected chi connectivity index (χ4v) is 3.02. The summed E-state index contributed by atoms with van der Waals surface area (Å²) in [5.41, 5.74) is 1.31. The molecule has 1 amide bonds. The van der Waals surface area contributed by atoms with Crippen LogP contribution in [0, 0.1) is 5.82 Å². The van der Waals surface area contributed by atoms with Gasteiger partial charge in [-0.1, -0.05) is 18.2 Å². The van der Waals surface area contributed by atoms with Crippen LogP contribution in [0.2, 0.25) is 0 Å². The molecular weight excluding hydrogens is 363 g/mol. The number of rotatable bonds is 6. The number of aryl methyl sites for hydroxylation is 1. The molecule has 1 aliphatic heterocycles. The van der Waals surface area contributed by atoms with E-state index in [1.807, 2.05) is 18.2 Å². The lowest BCUT2D eigenvalue weighted by Crippen LogP contribution is -2.26. The maximum atomic E-state index is 13.8. The molecular formula is C21H19FN2O4. The third kappa shape index (κ3) is 3.83. The van der Waals surface area contributed by atoms with Crippen molar-refractivity contribution in [3.05, 3.63) is 65.9 Å². The smallest absolute Gasteiger partial charge is 0.231 e. The number of fused-ring (bicyclic) bond motifs is 1. The van der Waals surface area contributed by atoms with E-state index >= 15 is 0 Å². The van der Waals surface area contributed by atoms with E-state index in [0.717, 1.165) is 5.56 Å². The van der Waals surface area contributed by atoms with Gasteiger partial charge in [-0.3, -0.25) is 4.79 Å². The monoisotopic (exact) mass is 382 g/mol. The second kappa shape index (κ2) is 7.72. The van der Waals surface area contributed by atoms with Crippen molar-refractivity contribution < 1.29 is 23.1 Å². The molecule has 1 aromatic heterocycles. The molecule has 0 fully saturated rings. The predicted molar refractivity (Wildman–Crippen MR) is 99.3 cm³/mol. The van der Waals surface area contributed by atoms with Gasteiger partial charge < -0.3 is 18.8 Å². The van der Waals surface area contributed by atoms with Crippen LogP contribution in [0.15, 0.2) is 53.1 Å². The highest BCUT2D eigenvalue weighted by molar-refractivity contribution is 5.76. The summed E-state index contributed by atoms with van der Waals surface area (Å²) in [5.74, 6) is 1.76. The first-order chi connectivity index (χ1) is 13.6. The van der Waals surface area contributed by atoms with Crippen LogP contribution in [0.25, 0.3) is 11.3 Å². The van der Waals surface area contributed by atoms with E-state index < -0.39 is 0 Å². The summed E-state index contributed by atoms with van der Waals surface area (Å²) in [5, 5.41) is 0. The van der Waals surface area contributed by atoms with Crippen molar-refractivity contribution in [3.8, 4) is 22.8 Å². The number of hydrogen-bond acceptors (Lipinski definition) is 5. The number of oxazole rings is 1. The van der Waals surface area contributed by atoms with Crippen LogP contribution in [-0.4, -0.2) is 29.6 Å². The van der Waals surface area contributed by atoms with E-state index in [4.69, 9.17) is 13.9 Å². The standard InChI is InChI=1S/C21H19FN2O4/c1-24(12-14-6-7-17-18(10-14)27-13-26-17)21(25)9-8-20-23-11-19(28-20)15-4-2-3-5-16(15)22/h2-7,10-11H,8-9,12-13H2,1H3. The summed E-state index contributed by atoms with van der Waals surface area (Å²) in [7, 11) is 1.74. The third-order valence-electron chi connectivity index (χ3n) is 4.53. The van der Waals surface area contributed by atoms with Gasteiger partial charge in [-0.05, 0) is 29.8 Å². The molecule has 0 N–H and O–H groups in total. The number of benzene rings is 2. The molecule has 0 spiro atoms. The number of nitrogens with zero attached hydrogens (tertiary/aromatic N) is 2. The maximum absolute atomic E-state index is 13.8. The number of halogens is 1. The van der Waals surface area contributed by atoms with Crippen molar-refractivity contribution in [2.75, 3.05) is 13.8 Å². The molecule has 0 saturated carbocycles. The molecule has 7 heteroatoms. The van der Waals surface area contributed by atoms with Crippen molar-refractivity contribution in [1.82, 2.24) is 9.88 Å². The summed E-state index contributed by atoms with van der Waals surface area (Å²) < 4.78 is 30.1. The van der Waals surface area contributed by atoms with Crippen molar-refractivity contribution in [2.45, 2.75) is 19.4 Å². The van der Waals surface area contributed by atoms with Gasteiger partial charge in [0.15, 0.2) is 23.1 Å². The van der Waals surface area contributed by atoms with Crippen LogP contribution in [0.4, 0.5) is 4.39 Å². The molecule has 0 radical (unpaired) electrons. The lowest BCUT2D eigenvalue weighted by molar-refractivity contribution is -0.130. The Hall–Kier alpha value is -3.35. The molecule has 0 bridgehead atoms. The second-order valence-electron chi connectivity index (χ2n) is 6.54. The van der Waals surface area contributed by atoms with E-state index in [2.05, 4.69) is 4.98 Å². The van der Waals surface area contributed by atoms with Crippen molar-refractivity contribution >= 4 is 5.91 Å². The molecule has 2 heterocycles. The van der Waals surface area contributed by atoms with Gasteiger partial charge in [-0.15, -0.1) is 0 Å². The molecule has 0 atom stereocenters. The average molecular weight is 382 g/mol. The van der Waals surface area contributed by atoms with Gasteiger partial charge in [0.1, 0.15) is 5.82 Å². The van der Waals surface area contributed by atoms with Gasteiger partial charge in [0.05, 0.1) is 11.8 Å². The molecule has 1 aliphatic rings. The zero-order valence-electron chi connectivity index (χ0n) is 15.4. The van der Waals surface area contributed by atoms with E-state index in [0.29, 0.717) is 41.7 Å². The van der Waals surface area contributed by atoms with Crippen molar-refractivity contribution in [2.24, 2.45) is 0 Å². The SMILES string of the molecule is CN(Cc1ccc2c(c1)OCO2)C(=O)CCc1ncc(-c2ccccc2F)o1. The number of amides is 1. The Balaban J connectivity index is 1.33. The number of aromatic nitrogens is 1. The maximum Gasteiger partial charge on any atom is 0.231 e. The highest BCUT2D eigenvalue weighted by atomic mass is 19.1. The quantitative estimate of drug-likeness (QED) is 0.649. The molecule has 28 heavy (non-hydrogen) atoms. The Labute approximate surface area is 161 Å². The fraction of sp³-hybridized carbons (Fsp3) is 0.238. The first-order valence-corrected chi connectivity index (χ1v) is 8.92. The zero-order chi connectivity index (χ0) is 19.5. The molecule has 0 unspecified atom stereocenters. The number of carbonyl (C=O) groups excluding carboxylic acids is 1. The Bertz CT molecular complexity index is 1000. The van der Waals surface area contributed by atoms with Crippen molar-refractivity contribution in [1.29, 1.82) is 0 Å². The molecule has 144 valence electrons. The Morgan fingerprint density at radius 3 is 2.86 bits per heavy atom. The summed E-state index contributed by atoms with van der Waals surface area (Å²) in [6, 6.07) is 12.0. The van der Waals surface area contributed by atoms with Crippen LogP contribution >= 0.6 is 0 Å². The van der Waals surface area contributed by atoms with E-state index in [9.17, 15) is 9.18 Å². The van der Waals surface area contributed by atoms with Gasteiger partial charge >= 0.3 is 0 Å². The zero-order valence-corrected chi connectivity index (χ0v) is 15.4. The van der Waals surface area contributed by atoms with E-state index in [-0.39, 0.29) is 24.9 Å². The minimum absolute atomic E-state index is 0.0386. The summed E-state index contributed by atoms with van der Waals surface area (Å²) in [4.78, 5) is 18.2. The topological polar surface area (TPSA) is 64.8 Å². The Morgan fingerprint density at radius 2 is 2.00 bits per heavy atom. The number of ether oxygens (including phenoxy) is 2. The largest absolute Gasteiger partial charge is 0.454 e. The van der Waals surface area contributed by atoms with E-state index in [1.165, 1.54) is 12.3 Å². The first-order valence-electron chi connectivity index (χ1n) is 8.92. The fourth-order valence-electron chi connectivity index (χ4n) is 3.02. The highest BCUT2D eigenvalue weighted by Gasteiger charge is 2.16. The van der Waals surface area contributed by atoms with Crippen LogP contribution in [0.5, 0.6) is 11.5 Å². The minimum Gasteiger partial charge on any atom is -0.454 e.